The topological polar surface area (TPSA) is 71.7 Å². The minimum absolute atomic E-state index is 0.136. The van der Waals surface area contributed by atoms with E-state index in [-0.39, 0.29) is 11.6 Å². The highest BCUT2D eigenvalue weighted by Crippen LogP contribution is 2.39. The number of guanidine groups is 1. The van der Waals surface area contributed by atoms with Gasteiger partial charge < -0.3 is 19.9 Å². The molecule has 0 fully saturated rings. The van der Waals surface area contributed by atoms with Crippen molar-refractivity contribution in [1.29, 1.82) is 0 Å². The van der Waals surface area contributed by atoms with Crippen LogP contribution in [0.2, 0.25) is 0 Å². The van der Waals surface area contributed by atoms with Crippen molar-refractivity contribution in [3.8, 4) is 5.75 Å². The molecule has 1 aromatic heterocycles. The monoisotopic (exact) mass is 356 g/mol. The van der Waals surface area contributed by atoms with Crippen LogP contribution in [0.25, 0.3) is 0 Å². The first-order valence-electron chi connectivity index (χ1n) is 9.14. The molecule has 2 aromatic rings. The van der Waals surface area contributed by atoms with Crippen molar-refractivity contribution in [1.82, 2.24) is 15.8 Å². The molecule has 2 heterocycles. The molecule has 1 aromatic carbocycles. The van der Waals surface area contributed by atoms with Crippen LogP contribution in [0, 0.1) is 13.8 Å². The summed E-state index contributed by atoms with van der Waals surface area (Å²) in [6.45, 7) is 11.5. The van der Waals surface area contributed by atoms with Crippen LogP contribution in [0.5, 0.6) is 5.75 Å². The smallest absolute Gasteiger partial charge is 0.192 e. The van der Waals surface area contributed by atoms with Gasteiger partial charge in [0.05, 0.1) is 18.3 Å². The van der Waals surface area contributed by atoms with Gasteiger partial charge in [-0.3, -0.25) is 0 Å². The lowest BCUT2D eigenvalue weighted by Gasteiger charge is -2.38. The molecule has 0 radical (unpaired) electrons. The summed E-state index contributed by atoms with van der Waals surface area (Å²) in [6.07, 6.45) is 0.861. The van der Waals surface area contributed by atoms with Crippen LogP contribution in [-0.2, 0) is 6.54 Å². The Kier molecular flexibility index (Phi) is 5.20. The Bertz CT molecular complexity index is 775. The third-order valence-electron chi connectivity index (χ3n) is 4.61. The number of nitrogens with one attached hydrogen (secondary N) is 2. The average Bonchev–Trinajstić information content (AvgIpc) is 2.90. The summed E-state index contributed by atoms with van der Waals surface area (Å²) in [7, 11) is 0. The van der Waals surface area contributed by atoms with E-state index in [1.165, 1.54) is 0 Å². The van der Waals surface area contributed by atoms with Crippen LogP contribution < -0.4 is 15.4 Å². The number of fused-ring (bicyclic) bond motifs is 1. The van der Waals surface area contributed by atoms with E-state index < -0.39 is 0 Å². The maximum absolute atomic E-state index is 6.12. The predicted molar refractivity (Wildman–Crippen MR) is 102 cm³/mol. The Morgan fingerprint density at radius 2 is 2.08 bits per heavy atom. The standard InChI is InChI=1S/C20H28N4O2/c1-6-21-19(22-12-16-13(2)24-26-14(16)3)23-17-11-20(4,5)25-18-10-8-7-9-15(17)18/h7-10,17H,6,11-12H2,1-5H3,(H2,21,22,23). The summed E-state index contributed by atoms with van der Waals surface area (Å²) in [5, 5.41) is 10.9. The molecule has 1 aliphatic rings. The molecule has 0 bridgehead atoms. The zero-order chi connectivity index (χ0) is 18.7. The van der Waals surface area contributed by atoms with E-state index in [9.17, 15) is 0 Å². The Hall–Kier alpha value is -2.50. The first-order valence-corrected chi connectivity index (χ1v) is 9.14. The molecule has 0 saturated heterocycles. The van der Waals surface area contributed by atoms with Crippen molar-refractivity contribution in [2.45, 2.75) is 59.2 Å². The minimum Gasteiger partial charge on any atom is -0.487 e. The maximum atomic E-state index is 6.12. The van der Waals surface area contributed by atoms with Gasteiger partial charge in [0, 0.05) is 24.1 Å². The van der Waals surface area contributed by atoms with Gasteiger partial charge in [0.2, 0.25) is 0 Å². The number of hydrogen-bond acceptors (Lipinski definition) is 4. The number of rotatable bonds is 4. The van der Waals surface area contributed by atoms with E-state index in [4.69, 9.17) is 14.3 Å². The Balaban J connectivity index is 1.82. The summed E-state index contributed by atoms with van der Waals surface area (Å²) < 4.78 is 11.4. The van der Waals surface area contributed by atoms with E-state index in [1.54, 1.807) is 0 Å². The number of para-hydroxylation sites is 1. The summed E-state index contributed by atoms with van der Waals surface area (Å²) in [5.41, 5.74) is 2.86. The molecule has 3 rings (SSSR count). The zero-order valence-corrected chi connectivity index (χ0v) is 16.2. The van der Waals surface area contributed by atoms with Gasteiger partial charge in [0.25, 0.3) is 0 Å². The molecule has 6 nitrogen and oxygen atoms in total. The number of aliphatic imine (C=N–C) groups is 1. The molecule has 6 heteroatoms. The summed E-state index contributed by atoms with van der Waals surface area (Å²) in [5.74, 6) is 2.53. The largest absolute Gasteiger partial charge is 0.487 e. The van der Waals surface area contributed by atoms with Gasteiger partial charge in [-0.25, -0.2) is 4.99 Å². The van der Waals surface area contributed by atoms with Gasteiger partial charge in [0.1, 0.15) is 17.1 Å². The molecule has 140 valence electrons. The van der Waals surface area contributed by atoms with Crippen molar-refractivity contribution in [2.24, 2.45) is 4.99 Å². The predicted octanol–water partition coefficient (Wildman–Crippen LogP) is 3.65. The molecule has 0 aliphatic carbocycles. The Morgan fingerprint density at radius 1 is 1.31 bits per heavy atom. The highest BCUT2D eigenvalue weighted by atomic mass is 16.5. The molecule has 0 saturated carbocycles. The van der Waals surface area contributed by atoms with Crippen LogP contribution in [0.15, 0.2) is 33.8 Å². The van der Waals surface area contributed by atoms with Gasteiger partial charge in [-0.2, -0.15) is 0 Å². The van der Waals surface area contributed by atoms with E-state index in [0.29, 0.717) is 6.54 Å². The molecule has 1 unspecified atom stereocenters. The third-order valence-corrected chi connectivity index (χ3v) is 4.61. The quantitative estimate of drug-likeness (QED) is 0.646. The van der Waals surface area contributed by atoms with Crippen LogP contribution in [0.1, 0.15) is 55.8 Å². The van der Waals surface area contributed by atoms with Crippen molar-refractivity contribution in [3.05, 3.63) is 46.8 Å². The normalized spacial score (nSPS) is 18.8. The Morgan fingerprint density at radius 3 is 2.77 bits per heavy atom. The van der Waals surface area contributed by atoms with E-state index in [2.05, 4.69) is 42.6 Å². The van der Waals surface area contributed by atoms with Gasteiger partial charge in [-0.15, -0.1) is 0 Å². The fraction of sp³-hybridized carbons (Fsp3) is 0.500. The fourth-order valence-electron chi connectivity index (χ4n) is 3.30. The van der Waals surface area contributed by atoms with Crippen molar-refractivity contribution >= 4 is 5.96 Å². The summed E-state index contributed by atoms with van der Waals surface area (Å²) in [4.78, 5) is 4.75. The highest BCUT2D eigenvalue weighted by molar-refractivity contribution is 5.80. The van der Waals surface area contributed by atoms with Crippen molar-refractivity contribution in [3.63, 3.8) is 0 Å². The lowest BCUT2D eigenvalue weighted by molar-refractivity contribution is 0.0694. The summed E-state index contributed by atoms with van der Waals surface area (Å²) >= 11 is 0. The number of hydrogen-bond donors (Lipinski definition) is 2. The molecule has 0 amide bonds. The zero-order valence-electron chi connectivity index (χ0n) is 16.2. The number of aromatic nitrogens is 1. The number of ether oxygens (including phenoxy) is 1. The third kappa shape index (κ3) is 4.00. The maximum Gasteiger partial charge on any atom is 0.192 e. The van der Waals surface area contributed by atoms with Crippen LogP contribution in [0.4, 0.5) is 0 Å². The SMILES string of the molecule is CCNC(=NCc1c(C)noc1C)NC1CC(C)(C)Oc2ccccc21. The summed E-state index contributed by atoms with van der Waals surface area (Å²) in [6, 6.07) is 8.33. The van der Waals surface area contributed by atoms with E-state index in [1.807, 2.05) is 32.0 Å². The van der Waals surface area contributed by atoms with Gasteiger partial charge in [0.15, 0.2) is 5.96 Å². The molecule has 1 atom stereocenters. The second kappa shape index (κ2) is 7.40. The van der Waals surface area contributed by atoms with Crippen molar-refractivity contribution < 1.29 is 9.26 Å². The average molecular weight is 356 g/mol. The van der Waals surface area contributed by atoms with Crippen molar-refractivity contribution in [2.75, 3.05) is 6.54 Å². The molecular weight excluding hydrogens is 328 g/mol. The van der Waals surface area contributed by atoms with Crippen LogP contribution in [0.3, 0.4) is 0 Å². The second-order valence-electron chi connectivity index (χ2n) is 7.30. The number of nitrogens with zero attached hydrogens (tertiary/aromatic N) is 2. The lowest BCUT2D eigenvalue weighted by atomic mass is 9.90. The molecule has 2 N–H and O–H groups in total. The van der Waals surface area contributed by atoms with Gasteiger partial charge >= 0.3 is 0 Å². The first-order chi connectivity index (χ1) is 12.4. The molecule has 0 spiro atoms. The molecule has 26 heavy (non-hydrogen) atoms. The molecule has 1 aliphatic heterocycles. The van der Waals surface area contributed by atoms with E-state index >= 15 is 0 Å². The first kappa shape index (κ1) is 18.3. The van der Waals surface area contributed by atoms with Gasteiger partial charge in [-0.1, -0.05) is 23.4 Å². The minimum atomic E-state index is -0.231. The lowest BCUT2D eigenvalue weighted by Crippen LogP contribution is -2.45. The Labute approximate surface area is 155 Å². The van der Waals surface area contributed by atoms with Crippen LogP contribution >= 0.6 is 0 Å². The van der Waals surface area contributed by atoms with Crippen LogP contribution in [-0.4, -0.2) is 23.3 Å². The van der Waals surface area contributed by atoms with Gasteiger partial charge in [-0.05, 0) is 40.7 Å². The number of benzene rings is 1. The molecular formula is C20H28N4O2. The fourth-order valence-corrected chi connectivity index (χ4v) is 3.30. The highest BCUT2D eigenvalue weighted by Gasteiger charge is 2.33. The number of aryl methyl sites for hydroxylation is 2. The van der Waals surface area contributed by atoms with E-state index in [0.717, 1.165) is 47.3 Å². The second-order valence-corrected chi connectivity index (χ2v) is 7.30.